The van der Waals surface area contributed by atoms with Crippen LogP contribution >= 0.6 is 24.4 Å². The van der Waals surface area contributed by atoms with E-state index in [-0.39, 0.29) is 0 Å². The van der Waals surface area contributed by atoms with Gasteiger partial charge < -0.3 is 15.0 Å². The molecule has 0 saturated carbocycles. The second-order valence-corrected chi connectivity index (χ2v) is 6.72. The Kier molecular flexibility index (Phi) is 5.39. The Labute approximate surface area is 163 Å². The number of methoxy groups -OCH3 is 1. The van der Waals surface area contributed by atoms with Gasteiger partial charge in [-0.3, -0.25) is 5.43 Å². The van der Waals surface area contributed by atoms with Crippen molar-refractivity contribution in [2.75, 3.05) is 17.9 Å². The predicted molar refractivity (Wildman–Crippen MR) is 113 cm³/mol. The Morgan fingerprint density at radius 1 is 1.12 bits per heavy atom. The van der Waals surface area contributed by atoms with E-state index in [1.165, 1.54) is 5.56 Å². The molecule has 0 aliphatic carbocycles. The first kappa shape index (κ1) is 18.2. The van der Waals surface area contributed by atoms with Gasteiger partial charge in [-0.1, -0.05) is 17.7 Å². The van der Waals surface area contributed by atoms with E-state index in [2.05, 4.69) is 28.7 Å². The van der Waals surface area contributed by atoms with Gasteiger partial charge in [0.15, 0.2) is 9.88 Å². The van der Waals surface area contributed by atoms with Gasteiger partial charge in [-0.15, -0.1) is 0 Å². The zero-order valence-corrected chi connectivity index (χ0v) is 16.4. The van der Waals surface area contributed by atoms with E-state index < -0.39 is 0 Å². The van der Waals surface area contributed by atoms with Gasteiger partial charge in [-0.2, -0.15) is 0 Å². The number of anilines is 1. The summed E-state index contributed by atoms with van der Waals surface area (Å²) in [7, 11) is 1.64. The van der Waals surface area contributed by atoms with Gasteiger partial charge in [-0.05, 0) is 74.2 Å². The summed E-state index contributed by atoms with van der Waals surface area (Å²) in [5, 5.41) is 3.68. The van der Waals surface area contributed by atoms with Crippen molar-refractivity contribution in [1.82, 2.24) is 9.66 Å². The highest BCUT2D eigenvalue weighted by Gasteiger charge is 2.09. The molecule has 0 radical (unpaired) electrons. The smallest absolute Gasteiger partial charge is 0.196 e. The number of hydrogen-bond donors (Lipinski definition) is 3. The number of rotatable bonds is 4. The molecule has 0 spiro atoms. The van der Waals surface area contributed by atoms with Gasteiger partial charge >= 0.3 is 0 Å². The first-order valence-electron chi connectivity index (χ1n) is 8.08. The van der Waals surface area contributed by atoms with Crippen molar-refractivity contribution >= 4 is 35.2 Å². The topological polar surface area (TPSA) is 54.0 Å². The Morgan fingerprint density at radius 2 is 1.85 bits per heavy atom. The van der Waals surface area contributed by atoms with E-state index in [0.29, 0.717) is 9.88 Å². The number of nitrogens with one attached hydrogen (secondary N) is 3. The average molecular weight is 385 g/mol. The van der Waals surface area contributed by atoms with Crippen LogP contribution in [0.25, 0.3) is 11.3 Å². The Hall–Kier alpha value is -2.64. The first-order valence-corrected chi connectivity index (χ1v) is 8.89. The molecular weight excluding hydrogens is 364 g/mol. The van der Waals surface area contributed by atoms with Crippen molar-refractivity contribution in [3.05, 3.63) is 64.6 Å². The van der Waals surface area contributed by atoms with Crippen molar-refractivity contribution in [3.8, 4) is 17.0 Å². The van der Waals surface area contributed by atoms with Gasteiger partial charge in [0, 0.05) is 17.4 Å². The third-order valence-corrected chi connectivity index (χ3v) is 4.50. The van der Waals surface area contributed by atoms with Crippen LogP contribution in [0.3, 0.4) is 0 Å². The third kappa shape index (κ3) is 3.95. The number of aromatic nitrogens is 2. The zero-order valence-electron chi connectivity index (χ0n) is 14.8. The Bertz CT molecular complexity index is 990. The van der Waals surface area contributed by atoms with Crippen LogP contribution in [0.2, 0.25) is 0 Å². The lowest BCUT2D eigenvalue weighted by molar-refractivity contribution is 0.415. The molecule has 2 aromatic carbocycles. The molecule has 134 valence electrons. The minimum absolute atomic E-state index is 0.461. The number of imidazole rings is 1. The molecule has 0 aliphatic heterocycles. The lowest BCUT2D eigenvalue weighted by atomic mass is 10.1. The molecule has 1 heterocycles. The normalized spacial score (nSPS) is 10.4. The van der Waals surface area contributed by atoms with Gasteiger partial charge in [0.2, 0.25) is 0 Å². The molecule has 3 N–H and O–H groups in total. The quantitative estimate of drug-likeness (QED) is 0.565. The predicted octanol–water partition coefficient (Wildman–Crippen LogP) is 4.78. The molecule has 0 saturated heterocycles. The summed E-state index contributed by atoms with van der Waals surface area (Å²) in [6, 6.07) is 13.9. The van der Waals surface area contributed by atoms with Crippen molar-refractivity contribution in [2.24, 2.45) is 0 Å². The van der Waals surface area contributed by atoms with Gasteiger partial charge in [0.25, 0.3) is 0 Å². The number of thiocarbonyl (C=S) groups is 1. The molecule has 3 aromatic rings. The highest BCUT2D eigenvalue weighted by atomic mass is 32.1. The lowest BCUT2D eigenvalue weighted by Crippen LogP contribution is -2.28. The second kappa shape index (κ2) is 7.72. The molecule has 1 aromatic heterocycles. The first-order chi connectivity index (χ1) is 12.5. The van der Waals surface area contributed by atoms with Crippen LogP contribution in [-0.2, 0) is 0 Å². The fourth-order valence-electron chi connectivity index (χ4n) is 2.66. The van der Waals surface area contributed by atoms with Crippen LogP contribution in [0, 0.1) is 18.6 Å². The largest absolute Gasteiger partial charge is 0.497 e. The summed E-state index contributed by atoms with van der Waals surface area (Å²) in [4.78, 5) is 3.05. The van der Waals surface area contributed by atoms with E-state index in [1.807, 2.05) is 49.5 Å². The summed E-state index contributed by atoms with van der Waals surface area (Å²) in [6.45, 7) is 4.11. The lowest BCUT2D eigenvalue weighted by Gasteiger charge is -2.15. The van der Waals surface area contributed by atoms with Gasteiger partial charge in [-0.25, -0.2) is 4.68 Å². The number of aryl methyl sites for hydroxylation is 2. The number of ether oxygens (including phenoxy) is 1. The summed E-state index contributed by atoms with van der Waals surface area (Å²) >= 11 is 10.8. The SMILES string of the molecule is COc1ccc(-c2c[nH]c(=S)n2NC(=S)Nc2ccc(C)cc2C)cc1. The van der Waals surface area contributed by atoms with E-state index >= 15 is 0 Å². The Balaban J connectivity index is 1.82. The van der Waals surface area contributed by atoms with Crippen molar-refractivity contribution in [3.63, 3.8) is 0 Å². The summed E-state index contributed by atoms with van der Waals surface area (Å²) in [5.41, 5.74) is 8.31. The van der Waals surface area contributed by atoms with Gasteiger partial charge in [0.1, 0.15) is 5.75 Å². The molecule has 3 rings (SSSR count). The van der Waals surface area contributed by atoms with Crippen molar-refractivity contribution in [2.45, 2.75) is 13.8 Å². The summed E-state index contributed by atoms with van der Waals surface area (Å²) in [5.74, 6) is 0.800. The third-order valence-electron chi connectivity index (χ3n) is 4.01. The standard InChI is InChI=1S/C19H20N4OS2/c1-12-4-9-16(13(2)10-12)21-18(25)22-23-17(11-20-19(23)26)14-5-7-15(24-3)8-6-14/h4-11H,1-3H3,(H,20,26)(H2,21,22,25). The van der Waals surface area contributed by atoms with E-state index in [4.69, 9.17) is 29.2 Å². The molecule has 0 unspecified atom stereocenters. The molecule has 26 heavy (non-hydrogen) atoms. The monoisotopic (exact) mass is 384 g/mol. The molecule has 0 aliphatic rings. The highest BCUT2D eigenvalue weighted by Crippen LogP contribution is 2.22. The van der Waals surface area contributed by atoms with Crippen LogP contribution in [-0.4, -0.2) is 21.9 Å². The minimum Gasteiger partial charge on any atom is -0.497 e. The molecule has 5 nitrogen and oxygen atoms in total. The fraction of sp³-hybridized carbons (Fsp3) is 0.158. The van der Waals surface area contributed by atoms with Gasteiger partial charge in [0.05, 0.1) is 12.8 Å². The number of hydrogen-bond acceptors (Lipinski definition) is 3. The van der Waals surface area contributed by atoms with E-state index in [9.17, 15) is 0 Å². The maximum atomic E-state index is 5.46. The van der Waals surface area contributed by atoms with E-state index in [1.54, 1.807) is 11.8 Å². The molecule has 0 atom stereocenters. The van der Waals surface area contributed by atoms with Crippen LogP contribution < -0.4 is 15.5 Å². The maximum absolute atomic E-state index is 5.46. The molecule has 0 fully saturated rings. The van der Waals surface area contributed by atoms with Crippen molar-refractivity contribution < 1.29 is 4.74 Å². The van der Waals surface area contributed by atoms with Crippen molar-refractivity contribution in [1.29, 1.82) is 0 Å². The number of nitrogens with zero attached hydrogens (tertiary/aromatic N) is 1. The minimum atomic E-state index is 0.461. The number of H-pyrrole nitrogens is 1. The second-order valence-electron chi connectivity index (χ2n) is 5.93. The van der Waals surface area contributed by atoms with Crippen LogP contribution in [0.15, 0.2) is 48.7 Å². The summed E-state index contributed by atoms with van der Waals surface area (Å²) in [6.07, 6.45) is 1.84. The van der Waals surface area contributed by atoms with Crippen LogP contribution in [0.1, 0.15) is 11.1 Å². The van der Waals surface area contributed by atoms with E-state index in [0.717, 1.165) is 28.3 Å². The number of aromatic amines is 1. The molecule has 0 amide bonds. The molecule has 7 heteroatoms. The maximum Gasteiger partial charge on any atom is 0.196 e. The summed E-state index contributed by atoms with van der Waals surface area (Å²) < 4.78 is 7.48. The van der Waals surface area contributed by atoms with Crippen LogP contribution in [0.4, 0.5) is 5.69 Å². The molecule has 0 bridgehead atoms. The molecular formula is C19H20N4OS2. The number of benzene rings is 2. The zero-order chi connectivity index (χ0) is 18.7. The highest BCUT2D eigenvalue weighted by molar-refractivity contribution is 7.80. The fourth-order valence-corrected chi connectivity index (χ4v) is 3.06. The van der Waals surface area contributed by atoms with Crippen LogP contribution in [0.5, 0.6) is 5.75 Å². The average Bonchev–Trinajstić information content (AvgIpc) is 2.98. The Morgan fingerprint density at radius 3 is 2.50 bits per heavy atom.